The predicted octanol–water partition coefficient (Wildman–Crippen LogP) is 3.76. The van der Waals surface area contributed by atoms with E-state index < -0.39 is 10.0 Å². The van der Waals surface area contributed by atoms with Crippen LogP contribution in [0.5, 0.6) is 0 Å². The molecule has 0 spiro atoms. The van der Waals surface area contributed by atoms with Gasteiger partial charge in [-0.1, -0.05) is 35.9 Å². The SMILES string of the molecule is O=S(=O)(N[C@@H]1CCCc2ccccc21)c1ccc(Cl)s1. The quantitative estimate of drug-likeness (QED) is 0.933. The van der Waals surface area contributed by atoms with Crippen molar-refractivity contribution in [1.29, 1.82) is 0 Å². The Morgan fingerprint density at radius 1 is 1.20 bits per heavy atom. The normalized spacial score (nSPS) is 18.8. The van der Waals surface area contributed by atoms with Gasteiger partial charge in [0, 0.05) is 6.04 Å². The minimum absolute atomic E-state index is 0.147. The van der Waals surface area contributed by atoms with E-state index in [0.717, 1.165) is 36.2 Å². The zero-order valence-corrected chi connectivity index (χ0v) is 13.1. The standard InChI is InChI=1S/C14H14ClNO2S2/c15-13-8-9-14(19-13)20(17,18)16-12-7-3-5-10-4-1-2-6-11(10)12/h1-2,4,6,8-9,12,16H,3,5,7H2/t12-/m1/s1. The van der Waals surface area contributed by atoms with Crippen LogP contribution in [0.4, 0.5) is 0 Å². The first-order valence-electron chi connectivity index (χ1n) is 6.42. The fraction of sp³-hybridized carbons (Fsp3) is 0.286. The molecule has 6 heteroatoms. The topological polar surface area (TPSA) is 46.2 Å². The molecule has 3 nitrogen and oxygen atoms in total. The molecule has 1 aromatic carbocycles. The van der Waals surface area contributed by atoms with Crippen LogP contribution in [0, 0.1) is 0 Å². The molecule has 1 atom stereocenters. The highest BCUT2D eigenvalue weighted by Crippen LogP contribution is 2.32. The first-order valence-corrected chi connectivity index (χ1v) is 9.09. The molecule has 1 heterocycles. The van der Waals surface area contributed by atoms with Gasteiger partial charge in [-0.05, 0) is 42.5 Å². The van der Waals surface area contributed by atoms with Crippen LogP contribution >= 0.6 is 22.9 Å². The van der Waals surface area contributed by atoms with E-state index in [4.69, 9.17) is 11.6 Å². The molecule has 0 radical (unpaired) electrons. The highest BCUT2D eigenvalue weighted by Gasteiger charge is 2.26. The third-order valence-electron chi connectivity index (χ3n) is 3.48. The smallest absolute Gasteiger partial charge is 0.206 e. The Kier molecular flexibility index (Phi) is 3.86. The van der Waals surface area contributed by atoms with Crippen molar-refractivity contribution in [3.8, 4) is 0 Å². The van der Waals surface area contributed by atoms with Crippen molar-refractivity contribution in [2.24, 2.45) is 0 Å². The third-order valence-corrected chi connectivity index (χ3v) is 6.67. The summed E-state index contributed by atoms with van der Waals surface area (Å²) in [6.45, 7) is 0. The Hall–Kier alpha value is -0.880. The van der Waals surface area contributed by atoms with Gasteiger partial charge in [0.05, 0.1) is 4.34 Å². The van der Waals surface area contributed by atoms with Crippen LogP contribution in [-0.2, 0) is 16.4 Å². The van der Waals surface area contributed by atoms with Crippen LogP contribution in [0.3, 0.4) is 0 Å². The van der Waals surface area contributed by atoms with Gasteiger partial charge in [-0.25, -0.2) is 13.1 Å². The molecule has 0 saturated carbocycles. The van der Waals surface area contributed by atoms with Gasteiger partial charge in [0.1, 0.15) is 4.21 Å². The molecule has 1 aliphatic carbocycles. The molecule has 1 aliphatic rings. The Labute approximate surface area is 127 Å². The lowest BCUT2D eigenvalue weighted by Crippen LogP contribution is -2.30. The molecule has 1 aromatic heterocycles. The lowest BCUT2D eigenvalue weighted by molar-refractivity contribution is 0.508. The van der Waals surface area contributed by atoms with Crippen LogP contribution in [0.15, 0.2) is 40.6 Å². The van der Waals surface area contributed by atoms with Gasteiger partial charge < -0.3 is 0 Å². The van der Waals surface area contributed by atoms with Gasteiger partial charge in [-0.15, -0.1) is 11.3 Å². The van der Waals surface area contributed by atoms with Gasteiger partial charge >= 0.3 is 0 Å². The highest BCUT2D eigenvalue weighted by atomic mass is 35.5. The Balaban J connectivity index is 1.89. The zero-order chi connectivity index (χ0) is 14.2. The Morgan fingerprint density at radius 3 is 2.75 bits per heavy atom. The number of sulfonamides is 1. The number of aryl methyl sites for hydroxylation is 1. The van der Waals surface area contributed by atoms with Crippen LogP contribution < -0.4 is 4.72 Å². The minimum atomic E-state index is -3.50. The molecule has 0 unspecified atom stereocenters. The van der Waals surface area contributed by atoms with E-state index in [9.17, 15) is 8.42 Å². The second-order valence-corrected chi connectivity index (χ2v) is 8.48. The van der Waals surface area contributed by atoms with E-state index in [1.54, 1.807) is 12.1 Å². The minimum Gasteiger partial charge on any atom is -0.206 e. The third kappa shape index (κ3) is 2.76. The van der Waals surface area contributed by atoms with Gasteiger partial charge in [0.25, 0.3) is 10.0 Å². The Bertz CT molecular complexity index is 724. The van der Waals surface area contributed by atoms with Crippen LogP contribution in [0.2, 0.25) is 4.34 Å². The van der Waals surface area contributed by atoms with Gasteiger partial charge in [-0.2, -0.15) is 0 Å². The average molecular weight is 328 g/mol. The van der Waals surface area contributed by atoms with Crippen molar-refractivity contribution in [1.82, 2.24) is 4.72 Å². The van der Waals surface area contributed by atoms with E-state index in [0.29, 0.717) is 4.34 Å². The maximum atomic E-state index is 12.4. The number of nitrogens with one attached hydrogen (secondary N) is 1. The summed E-state index contributed by atoms with van der Waals surface area (Å²) in [4.78, 5) is 0. The number of fused-ring (bicyclic) bond motifs is 1. The molecule has 2 aromatic rings. The number of benzene rings is 1. The van der Waals surface area contributed by atoms with Gasteiger partial charge in [0.2, 0.25) is 0 Å². The summed E-state index contributed by atoms with van der Waals surface area (Å²) in [5.74, 6) is 0. The van der Waals surface area contributed by atoms with Crippen molar-refractivity contribution < 1.29 is 8.42 Å². The number of rotatable bonds is 3. The summed E-state index contributed by atoms with van der Waals surface area (Å²) in [5, 5.41) is 0. The van der Waals surface area contributed by atoms with E-state index in [1.807, 2.05) is 18.2 Å². The fourth-order valence-corrected chi connectivity index (χ4v) is 5.31. The molecule has 3 rings (SSSR count). The summed E-state index contributed by atoms with van der Waals surface area (Å²) >= 11 is 6.90. The molecule has 20 heavy (non-hydrogen) atoms. The molecule has 0 saturated heterocycles. The zero-order valence-electron chi connectivity index (χ0n) is 10.7. The maximum absolute atomic E-state index is 12.4. The van der Waals surface area contributed by atoms with Crippen molar-refractivity contribution in [2.75, 3.05) is 0 Å². The van der Waals surface area contributed by atoms with Crippen LogP contribution in [-0.4, -0.2) is 8.42 Å². The molecular weight excluding hydrogens is 314 g/mol. The molecule has 1 N–H and O–H groups in total. The van der Waals surface area contributed by atoms with Crippen molar-refractivity contribution in [3.05, 3.63) is 51.9 Å². The van der Waals surface area contributed by atoms with Crippen LogP contribution in [0.1, 0.15) is 30.0 Å². The largest absolute Gasteiger partial charge is 0.250 e. The summed E-state index contributed by atoms with van der Waals surface area (Å²) in [6, 6.07) is 11.0. The number of thiophene rings is 1. The molecule has 0 fully saturated rings. The molecule has 106 valence electrons. The second kappa shape index (κ2) is 5.48. The predicted molar refractivity (Wildman–Crippen MR) is 81.8 cm³/mol. The number of hydrogen-bond acceptors (Lipinski definition) is 3. The maximum Gasteiger partial charge on any atom is 0.250 e. The molecular formula is C14H14ClNO2S2. The molecule has 0 bridgehead atoms. The summed E-state index contributed by atoms with van der Waals surface area (Å²) in [7, 11) is -3.50. The van der Waals surface area contributed by atoms with E-state index >= 15 is 0 Å². The van der Waals surface area contributed by atoms with Crippen LogP contribution in [0.25, 0.3) is 0 Å². The number of hydrogen-bond donors (Lipinski definition) is 1. The number of halogens is 1. The van der Waals surface area contributed by atoms with Gasteiger partial charge in [-0.3, -0.25) is 0 Å². The first kappa shape index (κ1) is 14.1. The van der Waals surface area contributed by atoms with E-state index in [-0.39, 0.29) is 10.3 Å². The van der Waals surface area contributed by atoms with Gasteiger partial charge in [0.15, 0.2) is 0 Å². The molecule has 0 amide bonds. The Morgan fingerprint density at radius 2 is 2.00 bits per heavy atom. The van der Waals surface area contributed by atoms with E-state index in [2.05, 4.69) is 10.8 Å². The lowest BCUT2D eigenvalue weighted by atomic mass is 9.88. The monoisotopic (exact) mass is 327 g/mol. The van der Waals surface area contributed by atoms with E-state index in [1.165, 1.54) is 5.56 Å². The average Bonchev–Trinajstić information content (AvgIpc) is 2.86. The summed E-state index contributed by atoms with van der Waals surface area (Å²) in [5.41, 5.74) is 2.32. The summed E-state index contributed by atoms with van der Waals surface area (Å²) < 4.78 is 28.3. The molecule has 0 aliphatic heterocycles. The highest BCUT2D eigenvalue weighted by molar-refractivity contribution is 7.91. The lowest BCUT2D eigenvalue weighted by Gasteiger charge is -2.25. The first-order chi connectivity index (χ1) is 9.56. The second-order valence-electron chi connectivity index (χ2n) is 4.82. The van der Waals surface area contributed by atoms with Crippen molar-refractivity contribution in [3.63, 3.8) is 0 Å². The van der Waals surface area contributed by atoms with Crippen molar-refractivity contribution >= 4 is 33.0 Å². The van der Waals surface area contributed by atoms with Crippen molar-refractivity contribution in [2.45, 2.75) is 29.5 Å². The summed E-state index contributed by atoms with van der Waals surface area (Å²) in [6.07, 6.45) is 2.84. The fourth-order valence-electron chi connectivity index (χ4n) is 2.56.